The lowest BCUT2D eigenvalue weighted by Crippen LogP contribution is -2.35. The van der Waals surface area contributed by atoms with Crippen LogP contribution in [0, 0.1) is 22.7 Å². The van der Waals surface area contributed by atoms with Gasteiger partial charge in [-0.05, 0) is 73.1 Å². The van der Waals surface area contributed by atoms with E-state index in [9.17, 15) is 5.26 Å². The van der Waals surface area contributed by atoms with E-state index in [1.54, 1.807) is 0 Å². The monoisotopic (exact) mass is 548 g/mol. The summed E-state index contributed by atoms with van der Waals surface area (Å²) in [5.41, 5.74) is 5.91. The first-order valence-electron chi connectivity index (χ1n) is 11.2. The highest BCUT2D eigenvalue weighted by Crippen LogP contribution is 2.34. The van der Waals surface area contributed by atoms with E-state index in [0.717, 1.165) is 56.6 Å². The molecule has 0 amide bonds. The van der Waals surface area contributed by atoms with Gasteiger partial charge in [0.15, 0.2) is 23.0 Å². The summed E-state index contributed by atoms with van der Waals surface area (Å²) in [6, 6.07) is 24.6. The van der Waals surface area contributed by atoms with Gasteiger partial charge in [0.05, 0.1) is 11.6 Å². The molecule has 1 aromatic heterocycles. The number of nitriles is 2. The van der Waals surface area contributed by atoms with Crippen molar-refractivity contribution in [3.05, 3.63) is 94.3 Å². The Kier molecular flexibility index (Phi) is 7.93. The molecule has 0 bridgehead atoms. The van der Waals surface area contributed by atoms with Crippen LogP contribution in [0.5, 0.6) is 5.75 Å². The summed E-state index contributed by atoms with van der Waals surface area (Å²) in [5.74, 6) is 0.912. The van der Waals surface area contributed by atoms with Crippen LogP contribution in [-0.4, -0.2) is 23.0 Å². The Balaban J connectivity index is 1.57. The molecule has 1 aliphatic carbocycles. The fourth-order valence-corrected chi connectivity index (χ4v) is 5.00. The Bertz CT molecular complexity index is 1180. The zero-order valence-corrected chi connectivity index (χ0v) is 20.5. The number of para-hydroxylation sites is 1. The molecule has 0 aliphatic heterocycles. The third kappa shape index (κ3) is 5.71. The average molecular weight is 548 g/mol. The van der Waals surface area contributed by atoms with E-state index in [1.807, 2.05) is 65.5 Å². The third-order valence-corrected chi connectivity index (χ3v) is 6.78. The largest absolute Gasteiger partial charge is 0.427 e. The summed E-state index contributed by atoms with van der Waals surface area (Å²) >= 11 is 1.95. The van der Waals surface area contributed by atoms with Gasteiger partial charge in [-0.3, -0.25) is 4.90 Å². The smallest absolute Gasteiger partial charge is 0.192 e. The Morgan fingerprint density at radius 2 is 1.76 bits per heavy atom. The minimum atomic E-state index is 0.278. The minimum Gasteiger partial charge on any atom is -0.427 e. The number of nitrogens with zero attached hydrogens (tertiary/aromatic N) is 4. The quantitative estimate of drug-likeness (QED) is 0.337. The highest BCUT2D eigenvalue weighted by molar-refractivity contribution is 14.1. The van der Waals surface area contributed by atoms with Crippen molar-refractivity contribution >= 4 is 23.0 Å². The highest BCUT2D eigenvalue weighted by atomic mass is 127. The van der Waals surface area contributed by atoms with Crippen molar-refractivity contribution in [1.82, 2.24) is 9.88 Å². The lowest BCUT2D eigenvalue weighted by Gasteiger charge is -2.36. The summed E-state index contributed by atoms with van der Waals surface area (Å²) in [5, 5.41) is 18.3. The minimum absolute atomic E-state index is 0.278. The van der Waals surface area contributed by atoms with Crippen LogP contribution < -0.4 is 3.07 Å². The normalized spacial score (nSPS) is 14.8. The van der Waals surface area contributed by atoms with Crippen LogP contribution in [0.3, 0.4) is 0 Å². The first kappa shape index (κ1) is 23.2. The molecule has 2 aromatic carbocycles. The molecule has 4 rings (SSSR count). The van der Waals surface area contributed by atoms with Crippen molar-refractivity contribution in [3.8, 4) is 17.9 Å². The molecule has 0 N–H and O–H groups in total. The maximum Gasteiger partial charge on any atom is 0.192 e. The van der Waals surface area contributed by atoms with Crippen molar-refractivity contribution < 1.29 is 3.07 Å². The molecule has 0 saturated heterocycles. The van der Waals surface area contributed by atoms with Gasteiger partial charge >= 0.3 is 0 Å². The number of aryl methyl sites for hydroxylation is 1. The maximum atomic E-state index is 9.27. The van der Waals surface area contributed by atoms with Crippen molar-refractivity contribution in [2.24, 2.45) is 0 Å². The molecule has 5 nitrogen and oxygen atoms in total. The van der Waals surface area contributed by atoms with Gasteiger partial charge in [-0.25, -0.2) is 4.98 Å². The predicted molar refractivity (Wildman–Crippen MR) is 136 cm³/mol. The Hall–Kier alpha value is -2.94. The molecule has 1 atom stereocenters. The van der Waals surface area contributed by atoms with Crippen LogP contribution in [0.15, 0.2) is 60.7 Å². The van der Waals surface area contributed by atoms with Gasteiger partial charge in [-0.1, -0.05) is 36.4 Å². The van der Waals surface area contributed by atoms with E-state index in [4.69, 9.17) is 8.33 Å². The van der Waals surface area contributed by atoms with Crippen molar-refractivity contribution in [1.29, 1.82) is 10.5 Å². The molecule has 0 fully saturated rings. The van der Waals surface area contributed by atoms with Crippen LogP contribution >= 0.6 is 23.0 Å². The molecule has 0 radical (unpaired) electrons. The first-order valence-corrected chi connectivity index (χ1v) is 12.1. The Labute approximate surface area is 209 Å². The van der Waals surface area contributed by atoms with Gasteiger partial charge < -0.3 is 3.07 Å². The fraction of sp³-hybridized carbons (Fsp3) is 0.296. The predicted octanol–water partition coefficient (Wildman–Crippen LogP) is 5.72. The van der Waals surface area contributed by atoms with Crippen molar-refractivity contribution in [2.75, 3.05) is 13.1 Å². The molecule has 1 aliphatic rings. The third-order valence-electron chi connectivity index (χ3n) is 6.31. The van der Waals surface area contributed by atoms with Crippen molar-refractivity contribution in [3.63, 3.8) is 0 Å². The number of aromatic nitrogens is 1. The van der Waals surface area contributed by atoms with Crippen LogP contribution in [0.1, 0.15) is 52.5 Å². The molecular formula is C27H25IN4O. The van der Waals surface area contributed by atoms with Gasteiger partial charge in [0.2, 0.25) is 0 Å². The molecule has 0 saturated carbocycles. The number of hydrogen-bond acceptors (Lipinski definition) is 5. The second-order valence-corrected chi connectivity index (χ2v) is 8.72. The highest BCUT2D eigenvalue weighted by Gasteiger charge is 2.27. The SMILES string of the molecule is N#Cc1ccc(CCN(CCc2ccccc2OI)[C@H]2CCCc3nc(C#N)ccc32)cc1. The van der Waals surface area contributed by atoms with Crippen LogP contribution in [0.25, 0.3) is 0 Å². The molecule has 1 heterocycles. The summed E-state index contributed by atoms with van der Waals surface area (Å²) in [6.45, 7) is 1.81. The molecule has 6 heteroatoms. The number of rotatable bonds is 8. The standard InChI is InChI=1S/C27H25IN4O/c28-33-27-7-2-1-4-22(27)15-17-32(16-14-20-8-10-21(18-29)11-9-20)26-6-3-5-25-24(26)13-12-23(19-30)31-25/h1-2,4,7-13,26H,3,5-6,14-17H2/t26-/m0/s1. The van der Waals surface area contributed by atoms with E-state index in [0.29, 0.717) is 11.3 Å². The van der Waals surface area contributed by atoms with Gasteiger partial charge in [-0.15, -0.1) is 0 Å². The van der Waals surface area contributed by atoms with E-state index in [-0.39, 0.29) is 6.04 Å². The number of hydrogen-bond donors (Lipinski definition) is 0. The van der Waals surface area contributed by atoms with Crippen LogP contribution in [-0.2, 0) is 19.3 Å². The van der Waals surface area contributed by atoms with E-state index in [1.165, 1.54) is 16.7 Å². The van der Waals surface area contributed by atoms with Crippen molar-refractivity contribution in [2.45, 2.75) is 38.1 Å². The summed E-state index contributed by atoms with van der Waals surface area (Å²) < 4.78 is 5.54. The molecule has 33 heavy (non-hydrogen) atoms. The van der Waals surface area contributed by atoms with E-state index in [2.05, 4.69) is 40.2 Å². The summed E-state index contributed by atoms with van der Waals surface area (Å²) in [7, 11) is 0. The fourth-order valence-electron chi connectivity index (χ4n) is 4.57. The topological polar surface area (TPSA) is 72.9 Å². The van der Waals surface area contributed by atoms with Gasteiger partial charge in [0, 0.05) is 24.8 Å². The second kappa shape index (κ2) is 11.3. The number of halogens is 1. The first-order chi connectivity index (χ1) is 16.2. The zero-order chi connectivity index (χ0) is 23.0. The molecule has 0 unspecified atom stereocenters. The lowest BCUT2D eigenvalue weighted by molar-refractivity contribution is 0.181. The molecule has 3 aromatic rings. The van der Waals surface area contributed by atoms with Crippen LogP contribution in [0.2, 0.25) is 0 Å². The average Bonchev–Trinajstić information content (AvgIpc) is 2.88. The van der Waals surface area contributed by atoms with E-state index >= 15 is 0 Å². The number of fused-ring (bicyclic) bond motifs is 1. The summed E-state index contributed by atoms with van der Waals surface area (Å²) in [4.78, 5) is 7.16. The Morgan fingerprint density at radius 3 is 2.52 bits per heavy atom. The maximum absolute atomic E-state index is 9.27. The summed E-state index contributed by atoms with van der Waals surface area (Å²) in [6.07, 6.45) is 4.88. The second-order valence-electron chi connectivity index (χ2n) is 8.28. The van der Waals surface area contributed by atoms with Gasteiger partial charge in [-0.2, -0.15) is 10.5 Å². The van der Waals surface area contributed by atoms with E-state index < -0.39 is 0 Å². The van der Waals surface area contributed by atoms with Gasteiger partial charge in [0.1, 0.15) is 17.5 Å². The molecule has 0 spiro atoms. The molecular weight excluding hydrogens is 523 g/mol. The lowest BCUT2D eigenvalue weighted by atomic mass is 9.89. The van der Waals surface area contributed by atoms with Crippen LogP contribution in [0.4, 0.5) is 0 Å². The number of benzene rings is 2. The number of pyridine rings is 1. The zero-order valence-electron chi connectivity index (χ0n) is 18.4. The molecule has 166 valence electrons. The Morgan fingerprint density at radius 1 is 0.970 bits per heavy atom. The van der Waals surface area contributed by atoms with Gasteiger partial charge in [0.25, 0.3) is 0 Å².